The second kappa shape index (κ2) is 10.2. The van der Waals surface area contributed by atoms with Crippen molar-refractivity contribution in [2.24, 2.45) is 0 Å². The lowest BCUT2D eigenvalue weighted by molar-refractivity contribution is 0.208. The number of hydrogen-bond donors (Lipinski definition) is 2. The summed E-state index contributed by atoms with van der Waals surface area (Å²) in [4.78, 5) is 30.2. The predicted octanol–water partition coefficient (Wildman–Crippen LogP) is 3.60. The lowest BCUT2D eigenvalue weighted by Gasteiger charge is -2.35. The highest BCUT2D eigenvalue weighted by Crippen LogP contribution is 2.26. The molecule has 178 valence electrons. The first-order chi connectivity index (χ1) is 16.4. The van der Waals surface area contributed by atoms with Crippen LogP contribution >= 0.6 is 0 Å². The van der Waals surface area contributed by atoms with Crippen LogP contribution in [0.4, 0.5) is 27.9 Å². The van der Waals surface area contributed by atoms with Gasteiger partial charge in [-0.3, -0.25) is 0 Å². The molecule has 10 heteroatoms. The number of pyridine rings is 1. The molecule has 3 heterocycles. The number of nitrogens with one attached hydrogen (secondary N) is 2. The van der Waals surface area contributed by atoms with E-state index in [1.807, 2.05) is 32.0 Å². The van der Waals surface area contributed by atoms with Gasteiger partial charge in [-0.15, -0.1) is 0 Å². The molecular formula is C24H29N7O3. The molecule has 0 unspecified atom stereocenters. The van der Waals surface area contributed by atoms with E-state index in [4.69, 9.17) is 9.47 Å². The van der Waals surface area contributed by atoms with Gasteiger partial charge in [-0.1, -0.05) is 0 Å². The Balaban J connectivity index is 1.39. The number of anilines is 4. The van der Waals surface area contributed by atoms with Gasteiger partial charge in [0.05, 0.1) is 14.2 Å². The van der Waals surface area contributed by atoms with Crippen molar-refractivity contribution in [2.75, 3.05) is 55.9 Å². The van der Waals surface area contributed by atoms with Gasteiger partial charge in [-0.25, -0.2) is 19.7 Å². The minimum absolute atomic E-state index is 0.165. The molecular weight excluding hydrogens is 434 g/mol. The molecule has 0 saturated carbocycles. The van der Waals surface area contributed by atoms with Crippen molar-refractivity contribution in [3.63, 3.8) is 0 Å². The SMILES string of the molecule is COc1cc(NC(=O)N2CCN(c3cc(Nc4cc(C)ccn4)nc(C)n3)CC2)cc(OC)c1. The lowest BCUT2D eigenvalue weighted by atomic mass is 10.2. The summed E-state index contributed by atoms with van der Waals surface area (Å²) in [5, 5.41) is 6.19. The van der Waals surface area contributed by atoms with Crippen LogP contribution in [0, 0.1) is 13.8 Å². The van der Waals surface area contributed by atoms with E-state index in [0.717, 1.165) is 17.2 Å². The van der Waals surface area contributed by atoms with Crippen molar-refractivity contribution >= 4 is 29.2 Å². The number of carbonyl (C=O) groups is 1. The number of urea groups is 1. The van der Waals surface area contributed by atoms with Crippen molar-refractivity contribution in [1.82, 2.24) is 19.9 Å². The molecule has 0 radical (unpaired) electrons. The smallest absolute Gasteiger partial charge is 0.321 e. The first-order valence-electron chi connectivity index (χ1n) is 11.0. The lowest BCUT2D eigenvalue weighted by Crippen LogP contribution is -2.50. The first kappa shape index (κ1) is 23.1. The second-order valence-corrected chi connectivity index (χ2v) is 8.01. The number of aryl methyl sites for hydroxylation is 2. The molecule has 1 aromatic carbocycles. The largest absolute Gasteiger partial charge is 0.497 e. The number of carbonyl (C=O) groups excluding carboxylic acids is 1. The van der Waals surface area contributed by atoms with E-state index >= 15 is 0 Å². The van der Waals surface area contributed by atoms with Gasteiger partial charge in [0.1, 0.15) is 34.8 Å². The molecule has 1 fully saturated rings. The van der Waals surface area contributed by atoms with Gasteiger partial charge in [0.25, 0.3) is 0 Å². The summed E-state index contributed by atoms with van der Waals surface area (Å²) in [6, 6.07) is 10.9. The number of aromatic nitrogens is 3. The normalized spacial score (nSPS) is 13.4. The molecule has 2 N–H and O–H groups in total. The van der Waals surface area contributed by atoms with Crippen LogP contribution in [-0.2, 0) is 0 Å². The van der Waals surface area contributed by atoms with Gasteiger partial charge in [0.15, 0.2) is 0 Å². The standard InChI is InChI=1S/C24H29N7O3/c1-16-5-6-25-21(11-16)29-22-15-23(27-17(2)26-22)30-7-9-31(10-8-30)24(32)28-18-12-19(33-3)14-20(13-18)34-4/h5-6,11-15H,7-10H2,1-4H3,(H,28,32)(H,25,26,27,29). The third-order valence-electron chi connectivity index (χ3n) is 5.49. The highest BCUT2D eigenvalue weighted by atomic mass is 16.5. The molecule has 0 spiro atoms. The molecule has 0 aliphatic carbocycles. The molecule has 10 nitrogen and oxygen atoms in total. The molecule has 2 aromatic heterocycles. The Morgan fingerprint density at radius 3 is 2.26 bits per heavy atom. The van der Waals surface area contributed by atoms with E-state index < -0.39 is 0 Å². The van der Waals surface area contributed by atoms with Crippen molar-refractivity contribution in [2.45, 2.75) is 13.8 Å². The van der Waals surface area contributed by atoms with Crippen LogP contribution in [0.25, 0.3) is 0 Å². The number of piperazine rings is 1. The summed E-state index contributed by atoms with van der Waals surface area (Å²) >= 11 is 0. The number of benzene rings is 1. The molecule has 0 atom stereocenters. The van der Waals surface area contributed by atoms with Crippen LogP contribution in [-0.4, -0.2) is 66.3 Å². The summed E-state index contributed by atoms with van der Waals surface area (Å²) < 4.78 is 10.6. The van der Waals surface area contributed by atoms with Crippen LogP contribution in [0.3, 0.4) is 0 Å². The molecule has 4 rings (SSSR count). The molecule has 0 bridgehead atoms. The summed E-state index contributed by atoms with van der Waals surface area (Å²) in [6.45, 7) is 6.34. The summed E-state index contributed by atoms with van der Waals surface area (Å²) in [5.74, 6) is 4.14. The third kappa shape index (κ3) is 5.64. The number of ether oxygens (including phenoxy) is 2. The van der Waals surface area contributed by atoms with Gasteiger partial charge >= 0.3 is 6.03 Å². The zero-order valence-corrected chi connectivity index (χ0v) is 19.8. The Kier molecular flexibility index (Phi) is 6.95. The average molecular weight is 464 g/mol. The molecule has 1 saturated heterocycles. The van der Waals surface area contributed by atoms with Crippen molar-refractivity contribution < 1.29 is 14.3 Å². The monoisotopic (exact) mass is 463 g/mol. The number of amides is 2. The fourth-order valence-corrected chi connectivity index (χ4v) is 3.73. The Bertz CT molecular complexity index is 1140. The fraction of sp³-hybridized carbons (Fsp3) is 0.333. The van der Waals surface area contributed by atoms with Crippen molar-refractivity contribution in [3.05, 3.63) is 54.0 Å². The maximum Gasteiger partial charge on any atom is 0.321 e. The number of hydrogen-bond acceptors (Lipinski definition) is 8. The van der Waals surface area contributed by atoms with Gasteiger partial charge in [0, 0.05) is 62.3 Å². The second-order valence-electron chi connectivity index (χ2n) is 8.01. The van der Waals surface area contributed by atoms with E-state index in [-0.39, 0.29) is 6.03 Å². The van der Waals surface area contributed by atoms with Crippen LogP contribution in [0.1, 0.15) is 11.4 Å². The summed E-state index contributed by atoms with van der Waals surface area (Å²) in [6.07, 6.45) is 1.76. The van der Waals surface area contributed by atoms with Crippen LogP contribution in [0.2, 0.25) is 0 Å². The number of methoxy groups -OCH3 is 2. The highest BCUT2D eigenvalue weighted by Gasteiger charge is 2.23. The van der Waals surface area contributed by atoms with Gasteiger partial charge in [-0.2, -0.15) is 0 Å². The Morgan fingerprint density at radius 1 is 0.912 bits per heavy atom. The van der Waals surface area contributed by atoms with Crippen molar-refractivity contribution in [3.8, 4) is 11.5 Å². The molecule has 3 aromatic rings. The highest BCUT2D eigenvalue weighted by molar-refractivity contribution is 5.90. The number of nitrogens with zero attached hydrogens (tertiary/aromatic N) is 5. The van der Waals surface area contributed by atoms with E-state index in [9.17, 15) is 4.79 Å². The molecule has 34 heavy (non-hydrogen) atoms. The van der Waals surface area contributed by atoms with Gasteiger partial charge in [0.2, 0.25) is 0 Å². The topological polar surface area (TPSA) is 105 Å². The van der Waals surface area contributed by atoms with Crippen LogP contribution in [0.15, 0.2) is 42.6 Å². The third-order valence-corrected chi connectivity index (χ3v) is 5.49. The minimum atomic E-state index is -0.165. The average Bonchev–Trinajstić information content (AvgIpc) is 2.83. The van der Waals surface area contributed by atoms with E-state index in [1.165, 1.54) is 0 Å². The Morgan fingerprint density at radius 2 is 1.62 bits per heavy atom. The summed E-state index contributed by atoms with van der Waals surface area (Å²) in [7, 11) is 3.15. The zero-order chi connectivity index (χ0) is 24.1. The quantitative estimate of drug-likeness (QED) is 0.571. The Hall–Kier alpha value is -4.08. The van der Waals surface area contributed by atoms with Gasteiger partial charge < -0.3 is 29.9 Å². The predicted molar refractivity (Wildman–Crippen MR) is 131 cm³/mol. The molecule has 1 aliphatic heterocycles. The van der Waals surface area contributed by atoms with Gasteiger partial charge in [-0.05, 0) is 31.5 Å². The summed E-state index contributed by atoms with van der Waals surface area (Å²) in [5.41, 5.74) is 1.74. The Labute approximate surface area is 198 Å². The molecule has 2 amide bonds. The van der Waals surface area contributed by atoms with Crippen LogP contribution < -0.4 is 25.0 Å². The van der Waals surface area contributed by atoms with Crippen LogP contribution in [0.5, 0.6) is 11.5 Å². The number of rotatable bonds is 6. The fourth-order valence-electron chi connectivity index (χ4n) is 3.73. The van der Waals surface area contributed by atoms with E-state index in [2.05, 4.69) is 30.5 Å². The maximum atomic E-state index is 12.8. The first-order valence-corrected chi connectivity index (χ1v) is 11.0. The maximum absolute atomic E-state index is 12.8. The minimum Gasteiger partial charge on any atom is -0.497 e. The van der Waals surface area contributed by atoms with E-state index in [1.54, 1.807) is 43.5 Å². The van der Waals surface area contributed by atoms with E-state index in [0.29, 0.717) is 55.0 Å². The zero-order valence-electron chi connectivity index (χ0n) is 19.8. The van der Waals surface area contributed by atoms with Crippen molar-refractivity contribution in [1.29, 1.82) is 0 Å². The molecule has 1 aliphatic rings.